The highest BCUT2D eigenvalue weighted by molar-refractivity contribution is 7.47. The minimum absolute atomic E-state index is 0.109. The molecule has 0 rings (SSSR count). The lowest BCUT2D eigenvalue weighted by Crippen LogP contribution is -2.30. The number of unbranched alkanes of at least 4 members (excludes halogenated alkanes) is 53. The molecule has 0 heterocycles. The summed E-state index contributed by atoms with van der Waals surface area (Å²) in [6.45, 7) is 7.36. The second-order valence-electron chi connectivity index (χ2n) is 29.6. The first-order valence-corrected chi connectivity index (χ1v) is 45.1. The smallest absolute Gasteiger partial charge is 0.462 e. The molecule has 2 unspecified atom stereocenters. The van der Waals surface area contributed by atoms with E-state index in [0.717, 1.165) is 95.8 Å². The topological polar surface area (TPSA) is 237 Å². The Balaban J connectivity index is 5.25. The molecule has 5 atom stereocenters. The zero-order chi connectivity index (χ0) is 73.4. The summed E-state index contributed by atoms with van der Waals surface area (Å²) in [5, 5.41) is 10.6. The van der Waals surface area contributed by atoms with E-state index in [9.17, 15) is 43.2 Å². The van der Waals surface area contributed by atoms with Gasteiger partial charge in [0, 0.05) is 25.7 Å². The number of carbonyl (C=O) groups is 4. The second kappa shape index (κ2) is 73.9. The Morgan fingerprint density at radius 3 is 0.680 bits per heavy atom. The van der Waals surface area contributed by atoms with E-state index < -0.39 is 97.5 Å². The molecular formula is C81H158O17P2. The standard InChI is InChI=1S/C81H158O17P2/c1-6-9-12-15-18-21-24-26-28-29-30-31-37-42-47-52-57-62-67-81(86)98-77(71-92-79(84)65-60-55-50-45-40-36-33-32-34-39-43-48-53-58-63-74(4)5)73-96-100(89,90)94-69-75(82)68-93-99(87,88)95-72-76(70-91-78(83)64-59-54-49-44-38-23-20-17-14-11-8-3)97-80(85)66-61-56-51-46-41-35-27-25-22-19-16-13-10-7-2/h74-77,82H,6-73H2,1-5H3,(H,87,88)(H,89,90)/t75-,76+,77+/m0/s1. The first-order valence-electron chi connectivity index (χ1n) is 42.1. The quantitative estimate of drug-likeness (QED) is 0.0222. The summed E-state index contributed by atoms with van der Waals surface area (Å²) in [5.41, 5.74) is 0. The number of rotatable bonds is 81. The number of hydrogen-bond acceptors (Lipinski definition) is 15. The zero-order valence-electron chi connectivity index (χ0n) is 65.3. The van der Waals surface area contributed by atoms with Crippen LogP contribution in [0.25, 0.3) is 0 Å². The maximum Gasteiger partial charge on any atom is 0.472 e. The number of phosphoric acid groups is 2. The Morgan fingerprint density at radius 2 is 0.460 bits per heavy atom. The molecule has 100 heavy (non-hydrogen) atoms. The Labute approximate surface area is 613 Å². The van der Waals surface area contributed by atoms with Gasteiger partial charge in [0.15, 0.2) is 12.2 Å². The number of carbonyl (C=O) groups excluding carboxylic acids is 4. The summed E-state index contributed by atoms with van der Waals surface area (Å²) in [4.78, 5) is 73.0. The molecule has 0 aromatic rings. The number of esters is 4. The summed E-state index contributed by atoms with van der Waals surface area (Å²) in [5.74, 6) is -1.30. The van der Waals surface area contributed by atoms with Gasteiger partial charge in [-0.05, 0) is 31.6 Å². The van der Waals surface area contributed by atoms with Gasteiger partial charge in [-0.3, -0.25) is 37.3 Å². The Hall–Kier alpha value is -1.94. The zero-order valence-corrected chi connectivity index (χ0v) is 67.1. The van der Waals surface area contributed by atoms with Gasteiger partial charge in [0.2, 0.25) is 0 Å². The minimum atomic E-state index is -4.96. The van der Waals surface area contributed by atoms with Crippen LogP contribution in [-0.4, -0.2) is 96.7 Å². The molecular weight excluding hydrogens is 1310 g/mol. The summed E-state index contributed by atoms with van der Waals surface area (Å²) < 4.78 is 68.7. The molecule has 0 bridgehead atoms. The van der Waals surface area contributed by atoms with Crippen molar-refractivity contribution in [3.63, 3.8) is 0 Å². The lowest BCUT2D eigenvalue weighted by Gasteiger charge is -2.21. The lowest BCUT2D eigenvalue weighted by atomic mass is 10.0. The highest BCUT2D eigenvalue weighted by atomic mass is 31.2. The first kappa shape index (κ1) is 98.1. The molecule has 0 aliphatic carbocycles. The molecule has 594 valence electrons. The van der Waals surface area contributed by atoms with Crippen molar-refractivity contribution in [3.8, 4) is 0 Å². The number of aliphatic hydroxyl groups is 1. The molecule has 0 aliphatic rings. The van der Waals surface area contributed by atoms with E-state index in [-0.39, 0.29) is 25.7 Å². The van der Waals surface area contributed by atoms with E-state index in [2.05, 4.69) is 34.6 Å². The van der Waals surface area contributed by atoms with Crippen molar-refractivity contribution >= 4 is 39.5 Å². The number of aliphatic hydroxyl groups excluding tert-OH is 1. The van der Waals surface area contributed by atoms with Crippen molar-refractivity contribution in [2.75, 3.05) is 39.6 Å². The molecule has 0 saturated carbocycles. The Morgan fingerprint density at radius 1 is 0.270 bits per heavy atom. The van der Waals surface area contributed by atoms with Gasteiger partial charge in [0.25, 0.3) is 0 Å². The molecule has 0 fully saturated rings. The van der Waals surface area contributed by atoms with Gasteiger partial charge in [0.1, 0.15) is 19.3 Å². The van der Waals surface area contributed by atoms with Crippen LogP contribution in [0.15, 0.2) is 0 Å². The molecule has 0 amide bonds. The summed E-state index contributed by atoms with van der Waals surface area (Å²) >= 11 is 0. The maximum atomic E-state index is 13.1. The fourth-order valence-corrected chi connectivity index (χ4v) is 14.2. The third-order valence-electron chi connectivity index (χ3n) is 19.0. The predicted octanol–water partition coefficient (Wildman–Crippen LogP) is 24.4. The van der Waals surface area contributed by atoms with Crippen molar-refractivity contribution in [1.82, 2.24) is 0 Å². The van der Waals surface area contributed by atoms with Gasteiger partial charge in [-0.2, -0.15) is 0 Å². The van der Waals surface area contributed by atoms with Crippen molar-refractivity contribution < 1.29 is 80.2 Å². The molecule has 0 aromatic carbocycles. The van der Waals surface area contributed by atoms with Gasteiger partial charge in [-0.25, -0.2) is 9.13 Å². The average Bonchev–Trinajstić information content (AvgIpc) is 0.957. The first-order chi connectivity index (χ1) is 48.5. The van der Waals surface area contributed by atoms with Gasteiger partial charge in [-0.1, -0.05) is 381 Å². The largest absolute Gasteiger partial charge is 0.472 e. The van der Waals surface area contributed by atoms with Crippen LogP contribution in [-0.2, 0) is 65.4 Å². The van der Waals surface area contributed by atoms with E-state index in [1.165, 1.54) is 257 Å². The third-order valence-corrected chi connectivity index (χ3v) is 20.9. The highest BCUT2D eigenvalue weighted by Crippen LogP contribution is 2.45. The van der Waals surface area contributed by atoms with Crippen LogP contribution in [0, 0.1) is 5.92 Å². The molecule has 0 aromatic heterocycles. The second-order valence-corrected chi connectivity index (χ2v) is 32.5. The Kier molecular flexibility index (Phi) is 72.5. The normalized spacial score (nSPS) is 13.8. The number of phosphoric ester groups is 2. The molecule has 19 heteroatoms. The van der Waals surface area contributed by atoms with Crippen molar-refractivity contribution in [1.29, 1.82) is 0 Å². The van der Waals surface area contributed by atoms with Gasteiger partial charge in [0.05, 0.1) is 26.4 Å². The van der Waals surface area contributed by atoms with Crippen LogP contribution in [0.4, 0.5) is 0 Å². The van der Waals surface area contributed by atoms with Gasteiger partial charge >= 0.3 is 39.5 Å². The van der Waals surface area contributed by atoms with Crippen LogP contribution in [0.5, 0.6) is 0 Å². The summed E-state index contributed by atoms with van der Waals surface area (Å²) in [6, 6.07) is 0. The molecule has 3 N–H and O–H groups in total. The fraction of sp³-hybridized carbons (Fsp3) is 0.951. The highest BCUT2D eigenvalue weighted by Gasteiger charge is 2.30. The van der Waals surface area contributed by atoms with E-state index in [4.69, 9.17) is 37.0 Å². The SMILES string of the molecule is CCCCCCCCCCCCCCCCCCCCC(=O)O[C@H](COC(=O)CCCCCCCCCCCCCCCCC(C)C)COP(=O)(O)OC[C@@H](O)COP(=O)(O)OC[C@@H](COC(=O)CCCCCCCCCCCCC)OC(=O)CCCCCCCCCCCCCCCC. The van der Waals surface area contributed by atoms with Crippen molar-refractivity contribution in [2.24, 2.45) is 5.92 Å². The minimum Gasteiger partial charge on any atom is -0.462 e. The maximum absolute atomic E-state index is 13.1. The third kappa shape index (κ3) is 74.3. The van der Waals surface area contributed by atoms with Crippen LogP contribution in [0.2, 0.25) is 0 Å². The van der Waals surface area contributed by atoms with Crippen LogP contribution in [0.1, 0.15) is 433 Å². The molecule has 0 aliphatic heterocycles. The van der Waals surface area contributed by atoms with Gasteiger partial charge < -0.3 is 33.8 Å². The molecule has 0 spiro atoms. The van der Waals surface area contributed by atoms with Crippen molar-refractivity contribution in [2.45, 2.75) is 451 Å². The van der Waals surface area contributed by atoms with Crippen LogP contribution < -0.4 is 0 Å². The summed E-state index contributed by atoms with van der Waals surface area (Å²) in [7, 11) is -9.92. The van der Waals surface area contributed by atoms with Crippen molar-refractivity contribution in [3.05, 3.63) is 0 Å². The molecule has 0 radical (unpaired) electrons. The predicted molar refractivity (Wildman–Crippen MR) is 409 cm³/mol. The van der Waals surface area contributed by atoms with Crippen LogP contribution in [0.3, 0.4) is 0 Å². The molecule has 17 nitrogen and oxygen atoms in total. The summed E-state index contributed by atoms with van der Waals surface area (Å²) in [6.07, 6.45) is 65.0. The fourth-order valence-electron chi connectivity index (χ4n) is 12.6. The van der Waals surface area contributed by atoms with Gasteiger partial charge in [-0.15, -0.1) is 0 Å². The van der Waals surface area contributed by atoms with Crippen LogP contribution >= 0.6 is 15.6 Å². The van der Waals surface area contributed by atoms with E-state index in [1.54, 1.807) is 0 Å². The number of hydrogen-bond donors (Lipinski definition) is 3. The monoisotopic (exact) mass is 1470 g/mol. The van der Waals surface area contributed by atoms with E-state index >= 15 is 0 Å². The molecule has 0 saturated heterocycles. The Bertz CT molecular complexity index is 1910. The average molecular weight is 1470 g/mol. The number of ether oxygens (including phenoxy) is 4. The lowest BCUT2D eigenvalue weighted by molar-refractivity contribution is -0.161. The van der Waals surface area contributed by atoms with E-state index in [0.29, 0.717) is 25.7 Å². The van der Waals surface area contributed by atoms with E-state index in [1.807, 2.05) is 0 Å².